The van der Waals surface area contributed by atoms with Crippen LogP contribution in [0.5, 0.6) is 5.75 Å². The van der Waals surface area contributed by atoms with Gasteiger partial charge in [-0.2, -0.15) is 0 Å². The molecule has 6 nitrogen and oxygen atoms in total. The van der Waals surface area contributed by atoms with Crippen molar-refractivity contribution in [3.8, 4) is 5.75 Å². The van der Waals surface area contributed by atoms with Gasteiger partial charge in [0, 0.05) is 45.6 Å². The standard InChI is InChI=1S/C18H20FN3O3/c1-20-6-5-13(12-20)17(23)21-7-9-22(10-8-21)18(24)15-11-14(19)3-4-16(15)25-2/h3-6,11-12H,7-10H2,1-2H3. The van der Waals surface area contributed by atoms with Crippen LogP contribution in [0.25, 0.3) is 0 Å². The molecular formula is C18H20FN3O3. The van der Waals surface area contributed by atoms with Gasteiger partial charge in [-0.05, 0) is 24.3 Å². The molecule has 132 valence electrons. The second kappa shape index (κ2) is 6.96. The molecule has 0 saturated carbocycles. The van der Waals surface area contributed by atoms with E-state index < -0.39 is 5.82 Å². The van der Waals surface area contributed by atoms with Crippen LogP contribution in [-0.4, -0.2) is 59.5 Å². The summed E-state index contributed by atoms with van der Waals surface area (Å²) in [6, 6.07) is 5.66. The molecule has 7 heteroatoms. The molecule has 2 heterocycles. The van der Waals surface area contributed by atoms with E-state index in [1.165, 1.54) is 25.3 Å². The zero-order valence-corrected chi connectivity index (χ0v) is 14.2. The number of nitrogens with zero attached hydrogens (tertiary/aromatic N) is 3. The number of rotatable bonds is 3. The molecule has 0 N–H and O–H groups in total. The third kappa shape index (κ3) is 3.50. The summed E-state index contributed by atoms with van der Waals surface area (Å²) in [5, 5.41) is 0. The van der Waals surface area contributed by atoms with Crippen LogP contribution in [0.15, 0.2) is 36.7 Å². The summed E-state index contributed by atoms with van der Waals surface area (Å²) in [7, 11) is 3.31. The number of aryl methyl sites for hydroxylation is 1. The largest absolute Gasteiger partial charge is 0.496 e. The highest BCUT2D eigenvalue weighted by atomic mass is 19.1. The van der Waals surface area contributed by atoms with Crippen LogP contribution in [0, 0.1) is 5.82 Å². The summed E-state index contributed by atoms with van der Waals surface area (Å²) in [6.07, 6.45) is 3.60. The van der Waals surface area contributed by atoms with Crippen molar-refractivity contribution >= 4 is 11.8 Å². The quantitative estimate of drug-likeness (QED) is 0.852. The number of amides is 2. The molecule has 0 aliphatic carbocycles. The van der Waals surface area contributed by atoms with E-state index in [-0.39, 0.29) is 17.4 Å². The van der Waals surface area contributed by atoms with Crippen LogP contribution in [0.2, 0.25) is 0 Å². The molecule has 1 aromatic heterocycles. The van der Waals surface area contributed by atoms with Crippen molar-refractivity contribution in [2.75, 3.05) is 33.3 Å². The molecule has 0 bridgehead atoms. The highest BCUT2D eigenvalue weighted by Gasteiger charge is 2.27. The lowest BCUT2D eigenvalue weighted by Crippen LogP contribution is -2.50. The van der Waals surface area contributed by atoms with Crippen LogP contribution in [-0.2, 0) is 7.05 Å². The van der Waals surface area contributed by atoms with Gasteiger partial charge < -0.3 is 19.1 Å². The molecule has 0 spiro atoms. The number of hydrogen-bond donors (Lipinski definition) is 0. The third-order valence-corrected chi connectivity index (χ3v) is 4.32. The van der Waals surface area contributed by atoms with Gasteiger partial charge in [0.1, 0.15) is 11.6 Å². The van der Waals surface area contributed by atoms with Gasteiger partial charge in [-0.15, -0.1) is 0 Å². The number of carbonyl (C=O) groups is 2. The second-order valence-electron chi connectivity index (χ2n) is 5.99. The fourth-order valence-electron chi connectivity index (χ4n) is 2.94. The molecule has 1 aliphatic rings. The predicted octanol–water partition coefficient (Wildman–Crippen LogP) is 1.77. The lowest BCUT2D eigenvalue weighted by atomic mass is 10.1. The van der Waals surface area contributed by atoms with Gasteiger partial charge in [0.15, 0.2) is 0 Å². The molecule has 0 unspecified atom stereocenters. The summed E-state index contributed by atoms with van der Waals surface area (Å²) >= 11 is 0. The maximum atomic E-state index is 13.5. The monoisotopic (exact) mass is 345 g/mol. The van der Waals surface area contributed by atoms with Crippen LogP contribution in [0.1, 0.15) is 20.7 Å². The Morgan fingerprint density at radius 1 is 1.04 bits per heavy atom. The zero-order chi connectivity index (χ0) is 18.0. The Morgan fingerprint density at radius 2 is 1.68 bits per heavy atom. The second-order valence-corrected chi connectivity index (χ2v) is 5.99. The van der Waals surface area contributed by atoms with Crippen molar-refractivity contribution in [2.24, 2.45) is 7.05 Å². The molecular weight excluding hydrogens is 325 g/mol. The first-order valence-electron chi connectivity index (χ1n) is 8.03. The van der Waals surface area contributed by atoms with Crippen LogP contribution < -0.4 is 4.74 Å². The minimum atomic E-state index is -0.484. The first-order chi connectivity index (χ1) is 12.0. The molecule has 2 aromatic rings. The van der Waals surface area contributed by atoms with E-state index in [0.717, 1.165) is 0 Å². The van der Waals surface area contributed by atoms with E-state index in [9.17, 15) is 14.0 Å². The number of ether oxygens (including phenoxy) is 1. The van der Waals surface area contributed by atoms with Crippen molar-refractivity contribution in [2.45, 2.75) is 0 Å². The number of piperazine rings is 1. The van der Waals surface area contributed by atoms with Crippen LogP contribution in [0.3, 0.4) is 0 Å². The number of aromatic nitrogens is 1. The first-order valence-corrected chi connectivity index (χ1v) is 8.03. The maximum Gasteiger partial charge on any atom is 0.257 e. The Hall–Kier alpha value is -2.83. The topological polar surface area (TPSA) is 54.8 Å². The third-order valence-electron chi connectivity index (χ3n) is 4.32. The Labute approximate surface area is 145 Å². The van der Waals surface area contributed by atoms with Gasteiger partial charge in [-0.1, -0.05) is 0 Å². The highest BCUT2D eigenvalue weighted by molar-refractivity contribution is 5.97. The molecule has 1 aliphatic heterocycles. The predicted molar refractivity (Wildman–Crippen MR) is 90.2 cm³/mol. The van der Waals surface area contributed by atoms with Crippen LogP contribution in [0.4, 0.5) is 4.39 Å². The molecule has 0 radical (unpaired) electrons. The number of halogens is 1. The number of benzene rings is 1. The Morgan fingerprint density at radius 3 is 2.24 bits per heavy atom. The molecule has 1 aromatic carbocycles. The first kappa shape index (κ1) is 17.0. The average molecular weight is 345 g/mol. The molecule has 0 atom stereocenters. The molecule has 2 amide bonds. The number of methoxy groups -OCH3 is 1. The normalized spacial score (nSPS) is 14.5. The Kier molecular flexibility index (Phi) is 4.74. The summed E-state index contributed by atoms with van der Waals surface area (Å²) in [6.45, 7) is 1.68. The van der Waals surface area contributed by atoms with Gasteiger partial charge >= 0.3 is 0 Å². The number of carbonyl (C=O) groups excluding carboxylic acids is 2. The van der Waals surface area contributed by atoms with E-state index >= 15 is 0 Å². The summed E-state index contributed by atoms with van der Waals surface area (Å²) < 4.78 is 20.5. The van der Waals surface area contributed by atoms with E-state index in [1.807, 2.05) is 17.8 Å². The van der Waals surface area contributed by atoms with Crippen molar-refractivity contribution < 1.29 is 18.7 Å². The minimum absolute atomic E-state index is 0.0453. The van der Waals surface area contributed by atoms with Gasteiger partial charge in [0.25, 0.3) is 11.8 Å². The fourth-order valence-corrected chi connectivity index (χ4v) is 2.94. The minimum Gasteiger partial charge on any atom is -0.496 e. The Balaban J connectivity index is 1.67. The summed E-state index contributed by atoms with van der Waals surface area (Å²) in [5.41, 5.74) is 0.833. The molecule has 1 saturated heterocycles. The SMILES string of the molecule is COc1ccc(F)cc1C(=O)N1CCN(C(=O)c2ccn(C)c2)CC1. The lowest BCUT2D eigenvalue weighted by Gasteiger charge is -2.34. The lowest BCUT2D eigenvalue weighted by molar-refractivity contribution is 0.0533. The van der Waals surface area contributed by atoms with E-state index in [4.69, 9.17) is 4.74 Å². The van der Waals surface area contributed by atoms with Gasteiger partial charge in [-0.25, -0.2) is 4.39 Å². The summed E-state index contributed by atoms with van der Waals surface area (Å²) in [5.74, 6) is -0.476. The smallest absolute Gasteiger partial charge is 0.257 e. The molecule has 1 fully saturated rings. The van der Waals surface area contributed by atoms with Crippen molar-refractivity contribution in [1.29, 1.82) is 0 Å². The van der Waals surface area contributed by atoms with E-state index in [1.54, 1.807) is 22.1 Å². The number of hydrogen-bond acceptors (Lipinski definition) is 3. The van der Waals surface area contributed by atoms with E-state index in [2.05, 4.69) is 0 Å². The average Bonchev–Trinajstić information content (AvgIpc) is 3.07. The van der Waals surface area contributed by atoms with Gasteiger partial charge in [-0.3, -0.25) is 9.59 Å². The Bertz CT molecular complexity index is 795. The zero-order valence-electron chi connectivity index (χ0n) is 14.2. The van der Waals surface area contributed by atoms with E-state index in [0.29, 0.717) is 37.5 Å². The van der Waals surface area contributed by atoms with Gasteiger partial charge in [0.2, 0.25) is 0 Å². The maximum absolute atomic E-state index is 13.5. The van der Waals surface area contributed by atoms with Crippen molar-refractivity contribution in [3.63, 3.8) is 0 Å². The van der Waals surface area contributed by atoms with Crippen molar-refractivity contribution in [1.82, 2.24) is 14.4 Å². The molecule has 3 rings (SSSR count). The summed E-state index contributed by atoms with van der Waals surface area (Å²) in [4.78, 5) is 28.4. The van der Waals surface area contributed by atoms with Gasteiger partial charge in [0.05, 0.1) is 18.2 Å². The molecule has 25 heavy (non-hydrogen) atoms. The van der Waals surface area contributed by atoms with Crippen molar-refractivity contribution in [3.05, 3.63) is 53.6 Å². The fraction of sp³-hybridized carbons (Fsp3) is 0.333. The van der Waals surface area contributed by atoms with Crippen LogP contribution >= 0.6 is 0 Å². The highest BCUT2D eigenvalue weighted by Crippen LogP contribution is 2.22.